The number of aromatic nitrogens is 2. The highest BCUT2D eigenvalue weighted by Crippen LogP contribution is 2.34. The Morgan fingerprint density at radius 3 is 2.79 bits per heavy atom. The quantitative estimate of drug-likeness (QED) is 0.445. The molecule has 1 aliphatic rings. The third-order valence-electron chi connectivity index (χ3n) is 5.81. The van der Waals surface area contributed by atoms with Crippen LogP contribution in [0.5, 0.6) is 11.5 Å². The number of hydrogen-bond donors (Lipinski definition) is 2. The summed E-state index contributed by atoms with van der Waals surface area (Å²) in [6.45, 7) is 0.875. The van der Waals surface area contributed by atoms with Crippen LogP contribution in [0.2, 0.25) is 0 Å². The summed E-state index contributed by atoms with van der Waals surface area (Å²) in [5, 5.41) is 0.757. The summed E-state index contributed by atoms with van der Waals surface area (Å²) in [6.07, 6.45) is 3.60. The first-order valence-corrected chi connectivity index (χ1v) is 10.7. The minimum atomic E-state index is -0.573. The Bertz CT molecular complexity index is 1280. The summed E-state index contributed by atoms with van der Waals surface area (Å²) >= 11 is 0. The second-order valence-corrected chi connectivity index (χ2v) is 7.99. The summed E-state index contributed by atoms with van der Waals surface area (Å²) < 4.78 is 26.8. The van der Waals surface area contributed by atoms with Crippen molar-refractivity contribution in [3.8, 4) is 11.5 Å². The Morgan fingerprint density at radius 2 is 2.00 bits per heavy atom. The number of carbonyl (C=O) groups is 1. The number of nitrogens with zero attached hydrogens (tertiary/aromatic N) is 2. The van der Waals surface area contributed by atoms with Crippen LogP contribution in [0.3, 0.4) is 0 Å². The van der Waals surface area contributed by atoms with Crippen molar-refractivity contribution in [3.05, 3.63) is 84.4 Å². The van der Waals surface area contributed by atoms with Gasteiger partial charge >= 0.3 is 0 Å². The van der Waals surface area contributed by atoms with Crippen LogP contribution >= 0.6 is 0 Å². The molecule has 3 heterocycles. The van der Waals surface area contributed by atoms with Crippen molar-refractivity contribution in [1.29, 1.82) is 0 Å². The molecule has 0 bridgehead atoms. The molecule has 1 fully saturated rings. The predicted molar refractivity (Wildman–Crippen MR) is 123 cm³/mol. The molecule has 0 saturated carbocycles. The van der Waals surface area contributed by atoms with E-state index in [1.54, 1.807) is 35.5 Å². The zero-order valence-electron chi connectivity index (χ0n) is 17.8. The highest BCUT2D eigenvalue weighted by Gasteiger charge is 2.36. The number of rotatable bonds is 7. The largest absolute Gasteiger partial charge is 0.453 e. The van der Waals surface area contributed by atoms with E-state index < -0.39 is 17.8 Å². The van der Waals surface area contributed by atoms with E-state index >= 15 is 0 Å². The summed E-state index contributed by atoms with van der Waals surface area (Å²) in [7, 11) is 0. The molecule has 1 saturated heterocycles. The number of amides is 1. The first-order chi connectivity index (χ1) is 16.1. The van der Waals surface area contributed by atoms with Gasteiger partial charge in [-0.3, -0.25) is 4.79 Å². The minimum absolute atomic E-state index is 0.0825. The Balaban J connectivity index is 1.32. The maximum absolute atomic E-state index is 15.0. The average molecular weight is 446 g/mol. The van der Waals surface area contributed by atoms with Gasteiger partial charge < -0.3 is 25.1 Å². The number of carbonyl (C=O) groups excluding carboxylic acids is 1. The highest BCUT2D eigenvalue weighted by molar-refractivity contribution is 5.85. The van der Waals surface area contributed by atoms with Crippen LogP contribution in [0.4, 0.5) is 10.1 Å². The normalized spacial score (nSPS) is 18.0. The Labute approximate surface area is 189 Å². The summed E-state index contributed by atoms with van der Waals surface area (Å²) in [6, 6.07) is 17.4. The molecule has 2 aromatic heterocycles. The molecule has 5 rings (SSSR count). The molecule has 1 aliphatic heterocycles. The zero-order valence-corrected chi connectivity index (χ0v) is 17.8. The molecular weight excluding hydrogens is 423 g/mol. The SMILES string of the molecule is NC(=O)[C@@H]1C[C@@H](OCc2ccccc2)CN1c1ccc(Oc2ccnc3[nH]ccc23)c(F)c1. The van der Waals surface area contributed by atoms with E-state index in [4.69, 9.17) is 15.2 Å². The maximum Gasteiger partial charge on any atom is 0.240 e. The number of ether oxygens (including phenoxy) is 2. The van der Waals surface area contributed by atoms with Crippen molar-refractivity contribution in [1.82, 2.24) is 9.97 Å². The number of fused-ring (bicyclic) bond motifs is 1. The van der Waals surface area contributed by atoms with Gasteiger partial charge in [0.2, 0.25) is 5.91 Å². The third-order valence-corrected chi connectivity index (χ3v) is 5.81. The van der Waals surface area contributed by atoms with E-state index in [1.807, 2.05) is 36.4 Å². The van der Waals surface area contributed by atoms with Gasteiger partial charge in [0, 0.05) is 37.1 Å². The second kappa shape index (κ2) is 8.91. The molecule has 8 heteroatoms. The van der Waals surface area contributed by atoms with E-state index in [-0.39, 0.29) is 11.9 Å². The molecule has 0 spiro atoms. The lowest BCUT2D eigenvalue weighted by molar-refractivity contribution is -0.119. The van der Waals surface area contributed by atoms with Gasteiger partial charge in [-0.2, -0.15) is 0 Å². The number of pyridine rings is 1. The van der Waals surface area contributed by atoms with Gasteiger partial charge in [0.05, 0.1) is 18.1 Å². The smallest absolute Gasteiger partial charge is 0.240 e. The van der Waals surface area contributed by atoms with Crippen molar-refractivity contribution in [3.63, 3.8) is 0 Å². The lowest BCUT2D eigenvalue weighted by atomic mass is 10.1. The number of nitrogens with one attached hydrogen (secondary N) is 1. The fraction of sp³-hybridized carbons (Fsp3) is 0.200. The Hall–Kier alpha value is -3.91. The van der Waals surface area contributed by atoms with Crippen LogP contribution in [0.25, 0.3) is 11.0 Å². The molecule has 2 aromatic carbocycles. The second-order valence-electron chi connectivity index (χ2n) is 7.99. The van der Waals surface area contributed by atoms with Crippen molar-refractivity contribution in [2.24, 2.45) is 5.73 Å². The molecule has 0 aliphatic carbocycles. The van der Waals surface area contributed by atoms with Crippen molar-refractivity contribution in [2.45, 2.75) is 25.2 Å². The summed E-state index contributed by atoms with van der Waals surface area (Å²) in [5.41, 5.74) is 7.90. The number of hydrogen-bond acceptors (Lipinski definition) is 5. The van der Waals surface area contributed by atoms with Crippen LogP contribution in [0, 0.1) is 5.82 Å². The van der Waals surface area contributed by atoms with Gasteiger partial charge in [-0.1, -0.05) is 30.3 Å². The van der Waals surface area contributed by atoms with Crippen LogP contribution in [0.15, 0.2) is 73.1 Å². The number of nitrogens with two attached hydrogens (primary N) is 1. The van der Waals surface area contributed by atoms with Gasteiger partial charge in [-0.15, -0.1) is 0 Å². The highest BCUT2D eigenvalue weighted by atomic mass is 19.1. The molecular formula is C25H23FN4O3. The van der Waals surface area contributed by atoms with Gasteiger partial charge in [0.15, 0.2) is 11.6 Å². The van der Waals surface area contributed by atoms with E-state index in [1.165, 1.54) is 6.07 Å². The fourth-order valence-corrected chi connectivity index (χ4v) is 4.16. The maximum atomic E-state index is 15.0. The summed E-state index contributed by atoms with van der Waals surface area (Å²) in [4.78, 5) is 21.1. The fourth-order valence-electron chi connectivity index (χ4n) is 4.16. The van der Waals surface area contributed by atoms with E-state index in [2.05, 4.69) is 9.97 Å². The molecule has 7 nitrogen and oxygen atoms in total. The molecule has 168 valence electrons. The lowest BCUT2D eigenvalue weighted by Crippen LogP contribution is -2.40. The lowest BCUT2D eigenvalue weighted by Gasteiger charge is -2.24. The number of H-pyrrole nitrogens is 1. The van der Waals surface area contributed by atoms with Gasteiger partial charge in [0.1, 0.15) is 17.4 Å². The number of halogens is 1. The van der Waals surface area contributed by atoms with Gasteiger partial charge in [-0.05, 0) is 29.8 Å². The monoisotopic (exact) mass is 446 g/mol. The van der Waals surface area contributed by atoms with E-state index in [0.29, 0.717) is 36.7 Å². The number of anilines is 1. The first kappa shape index (κ1) is 21.0. The van der Waals surface area contributed by atoms with Crippen molar-refractivity contribution in [2.75, 3.05) is 11.4 Å². The molecule has 4 aromatic rings. The Kier molecular flexibility index (Phi) is 5.66. The predicted octanol–water partition coefficient (Wildman–Crippen LogP) is 4.14. The van der Waals surface area contributed by atoms with Crippen LogP contribution in [-0.4, -0.2) is 34.6 Å². The first-order valence-electron chi connectivity index (χ1n) is 10.7. The molecule has 1 amide bonds. The van der Waals surface area contributed by atoms with Gasteiger partial charge in [-0.25, -0.2) is 9.37 Å². The molecule has 0 radical (unpaired) electrons. The average Bonchev–Trinajstić information content (AvgIpc) is 3.48. The number of aromatic amines is 1. The molecule has 0 unspecified atom stereocenters. The van der Waals surface area contributed by atoms with Crippen LogP contribution < -0.4 is 15.4 Å². The molecule has 33 heavy (non-hydrogen) atoms. The minimum Gasteiger partial charge on any atom is -0.453 e. The molecule has 2 atom stereocenters. The van der Waals surface area contributed by atoms with E-state index in [9.17, 15) is 9.18 Å². The van der Waals surface area contributed by atoms with Gasteiger partial charge in [0.25, 0.3) is 0 Å². The third kappa shape index (κ3) is 4.38. The number of benzene rings is 2. The topological polar surface area (TPSA) is 93.5 Å². The summed E-state index contributed by atoms with van der Waals surface area (Å²) in [5.74, 6) is -0.421. The number of primary amides is 1. The molecule has 3 N–H and O–H groups in total. The zero-order chi connectivity index (χ0) is 22.8. The van der Waals surface area contributed by atoms with E-state index in [0.717, 1.165) is 10.9 Å². The van der Waals surface area contributed by atoms with Crippen molar-refractivity contribution >= 4 is 22.6 Å². The Morgan fingerprint density at radius 1 is 1.15 bits per heavy atom. The standard InChI is InChI=1S/C25H23FN4O3/c26-20-12-17(6-7-23(20)33-22-9-11-29-25-19(22)8-10-28-25)30-14-18(13-21(30)24(27)31)32-15-16-4-2-1-3-5-16/h1-12,18,21H,13-15H2,(H2,27,31)(H,28,29)/t18-,21+/m1/s1. The van der Waals surface area contributed by atoms with Crippen LogP contribution in [-0.2, 0) is 16.1 Å². The van der Waals surface area contributed by atoms with Crippen LogP contribution in [0.1, 0.15) is 12.0 Å². The van der Waals surface area contributed by atoms with Crippen molar-refractivity contribution < 1.29 is 18.7 Å².